The number of benzene rings is 3. The average molecular weight is 455 g/mol. The average Bonchev–Trinajstić information content (AvgIpc) is 3.06. The molecule has 0 unspecified atom stereocenters. The molecule has 0 saturated carbocycles. The SMILES string of the molecule is N/C(=N\S)c1ccc2c(c1)c1ccccc1n2Cc1c(F)c(F)c(F)c(F)c1F.S. The van der Waals surface area contributed by atoms with Gasteiger partial charge in [-0.3, -0.25) is 0 Å². The number of nitrogens with zero attached hydrogens (tertiary/aromatic N) is 2. The fraction of sp³-hybridized carbons (Fsp3) is 0.0500. The van der Waals surface area contributed by atoms with E-state index in [0.29, 0.717) is 22.0 Å². The highest BCUT2D eigenvalue weighted by atomic mass is 32.1. The Bertz CT molecular complexity index is 1290. The summed E-state index contributed by atoms with van der Waals surface area (Å²) in [6, 6.07) is 11.9. The summed E-state index contributed by atoms with van der Waals surface area (Å²) in [6.07, 6.45) is 0. The van der Waals surface area contributed by atoms with Gasteiger partial charge in [-0.05, 0) is 37.1 Å². The van der Waals surface area contributed by atoms with Gasteiger partial charge >= 0.3 is 0 Å². The molecule has 10 heteroatoms. The molecule has 156 valence electrons. The Hall–Kier alpha value is -2.72. The summed E-state index contributed by atoms with van der Waals surface area (Å²) in [5.74, 6) is -9.66. The minimum atomic E-state index is -2.18. The molecule has 0 atom stereocenters. The number of halogens is 5. The molecule has 2 N–H and O–H groups in total. The first kappa shape index (κ1) is 22.0. The van der Waals surface area contributed by atoms with Crippen LogP contribution in [0.4, 0.5) is 22.0 Å². The molecule has 0 bridgehead atoms. The van der Waals surface area contributed by atoms with E-state index in [1.807, 2.05) is 0 Å². The van der Waals surface area contributed by atoms with Gasteiger partial charge in [-0.2, -0.15) is 13.5 Å². The van der Waals surface area contributed by atoms with Gasteiger partial charge in [-0.25, -0.2) is 26.3 Å². The third kappa shape index (κ3) is 3.29. The van der Waals surface area contributed by atoms with Crippen LogP contribution in [-0.4, -0.2) is 10.4 Å². The minimum Gasteiger partial charge on any atom is -0.383 e. The maximum Gasteiger partial charge on any atom is 0.200 e. The van der Waals surface area contributed by atoms with Gasteiger partial charge in [0.25, 0.3) is 0 Å². The largest absolute Gasteiger partial charge is 0.383 e. The van der Waals surface area contributed by atoms with Crippen molar-refractivity contribution in [3.8, 4) is 0 Å². The number of amidine groups is 1. The second kappa shape index (κ2) is 8.19. The monoisotopic (exact) mass is 455 g/mol. The molecule has 4 rings (SSSR count). The van der Waals surface area contributed by atoms with Crippen molar-refractivity contribution in [1.82, 2.24) is 4.57 Å². The zero-order chi connectivity index (χ0) is 20.9. The van der Waals surface area contributed by atoms with E-state index in [2.05, 4.69) is 17.2 Å². The Morgan fingerprint density at radius 1 is 0.833 bits per heavy atom. The van der Waals surface area contributed by atoms with Crippen molar-refractivity contribution in [3.63, 3.8) is 0 Å². The molecule has 0 radical (unpaired) electrons. The number of thiol groups is 1. The van der Waals surface area contributed by atoms with Gasteiger partial charge in [0.15, 0.2) is 23.3 Å². The van der Waals surface area contributed by atoms with Crippen LogP contribution in [0.15, 0.2) is 46.9 Å². The Morgan fingerprint density at radius 3 is 2.03 bits per heavy atom. The normalized spacial score (nSPS) is 11.9. The molecular formula is C20H14F5N3S2. The van der Waals surface area contributed by atoms with Gasteiger partial charge < -0.3 is 10.3 Å². The number of hydrogen-bond donors (Lipinski definition) is 2. The van der Waals surface area contributed by atoms with E-state index in [0.717, 1.165) is 5.39 Å². The van der Waals surface area contributed by atoms with Gasteiger partial charge in [-0.1, -0.05) is 18.2 Å². The lowest BCUT2D eigenvalue weighted by atomic mass is 10.1. The lowest BCUT2D eigenvalue weighted by Gasteiger charge is -2.12. The lowest BCUT2D eigenvalue weighted by Crippen LogP contribution is -2.12. The summed E-state index contributed by atoms with van der Waals surface area (Å²) in [4.78, 5) is 0. The zero-order valence-electron chi connectivity index (χ0n) is 15.1. The standard InChI is InChI=1S/C20H12F5N3S.H2S/c21-15-12(16(22)18(24)19(25)17(15)23)8-28-13-4-2-1-3-10(13)11-7-9(20(26)27-29)5-6-14(11)28;/h1-7,29H,8H2,(H2,26,27);1H2. The van der Waals surface area contributed by atoms with Crippen molar-refractivity contribution >= 4 is 54.0 Å². The molecule has 0 fully saturated rings. The molecule has 0 aliphatic carbocycles. The van der Waals surface area contributed by atoms with Crippen LogP contribution >= 0.6 is 26.3 Å². The molecule has 3 nitrogen and oxygen atoms in total. The van der Waals surface area contributed by atoms with Gasteiger partial charge in [0.05, 0.1) is 6.54 Å². The first-order chi connectivity index (χ1) is 13.8. The maximum atomic E-state index is 14.2. The number of nitrogens with two attached hydrogens (primary N) is 1. The number of fused-ring (bicyclic) bond motifs is 3. The third-order valence-corrected chi connectivity index (χ3v) is 5.01. The predicted molar refractivity (Wildman–Crippen MR) is 115 cm³/mol. The summed E-state index contributed by atoms with van der Waals surface area (Å²) in [5.41, 5.74) is 6.55. The van der Waals surface area contributed by atoms with Gasteiger partial charge in [0.1, 0.15) is 5.84 Å². The lowest BCUT2D eigenvalue weighted by molar-refractivity contribution is 0.369. The zero-order valence-corrected chi connectivity index (χ0v) is 17.0. The number of rotatable bonds is 3. The Labute approximate surface area is 180 Å². The second-order valence-electron chi connectivity index (χ2n) is 6.37. The minimum absolute atomic E-state index is 0. The number of aromatic nitrogens is 1. The fourth-order valence-corrected chi connectivity index (χ4v) is 3.50. The predicted octanol–water partition coefficient (Wildman–Crippen LogP) is 5.20. The van der Waals surface area contributed by atoms with Crippen LogP contribution < -0.4 is 5.73 Å². The molecule has 30 heavy (non-hydrogen) atoms. The first-order valence-corrected chi connectivity index (χ1v) is 8.74. The summed E-state index contributed by atoms with van der Waals surface area (Å²) in [7, 11) is 0. The number of hydrogen-bond acceptors (Lipinski definition) is 2. The molecule has 4 aromatic rings. The van der Waals surface area contributed by atoms with Gasteiger partial charge in [0.2, 0.25) is 5.82 Å². The molecule has 1 heterocycles. The summed E-state index contributed by atoms with van der Waals surface area (Å²) in [6.45, 7) is -0.550. The van der Waals surface area contributed by atoms with Crippen LogP contribution in [0, 0.1) is 29.1 Å². The van der Waals surface area contributed by atoms with Crippen LogP contribution in [0.3, 0.4) is 0 Å². The van der Waals surface area contributed by atoms with Crippen LogP contribution in [0.2, 0.25) is 0 Å². The topological polar surface area (TPSA) is 43.3 Å². The number of para-hydroxylation sites is 1. The van der Waals surface area contributed by atoms with E-state index in [1.165, 1.54) is 4.57 Å². The van der Waals surface area contributed by atoms with E-state index < -0.39 is 41.2 Å². The molecule has 0 aliphatic heterocycles. The highest BCUT2D eigenvalue weighted by Gasteiger charge is 2.26. The summed E-state index contributed by atoms with van der Waals surface area (Å²) >= 11 is 3.79. The van der Waals surface area contributed by atoms with Crippen molar-refractivity contribution in [2.45, 2.75) is 6.54 Å². The van der Waals surface area contributed by atoms with Crippen molar-refractivity contribution < 1.29 is 22.0 Å². The smallest absolute Gasteiger partial charge is 0.200 e. The first-order valence-electron chi connectivity index (χ1n) is 8.34. The van der Waals surface area contributed by atoms with Crippen LogP contribution in [0.1, 0.15) is 11.1 Å². The molecule has 0 amide bonds. The molecule has 0 spiro atoms. The summed E-state index contributed by atoms with van der Waals surface area (Å²) in [5, 5.41) is 1.40. The fourth-order valence-electron chi connectivity index (χ4n) is 3.39. The molecular weight excluding hydrogens is 441 g/mol. The van der Waals surface area contributed by atoms with E-state index >= 15 is 0 Å². The van der Waals surface area contributed by atoms with Crippen molar-refractivity contribution in [1.29, 1.82) is 0 Å². The highest BCUT2D eigenvalue weighted by Crippen LogP contribution is 2.32. The molecule has 0 saturated heterocycles. The van der Waals surface area contributed by atoms with E-state index in [1.54, 1.807) is 42.5 Å². The Morgan fingerprint density at radius 2 is 1.40 bits per heavy atom. The van der Waals surface area contributed by atoms with E-state index in [9.17, 15) is 22.0 Å². The van der Waals surface area contributed by atoms with E-state index in [-0.39, 0.29) is 19.3 Å². The van der Waals surface area contributed by atoms with Gasteiger partial charge in [0, 0.05) is 32.9 Å². The second-order valence-corrected chi connectivity index (χ2v) is 6.57. The van der Waals surface area contributed by atoms with Crippen LogP contribution in [0.25, 0.3) is 21.8 Å². The van der Waals surface area contributed by atoms with Crippen molar-refractivity contribution in [2.24, 2.45) is 10.1 Å². The third-order valence-electron chi connectivity index (χ3n) is 4.79. The quantitative estimate of drug-likeness (QED) is 0.109. The van der Waals surface area contributed by atoms with Crippen molar-refractivity contribution in [2.75, 3.05) is 0 Å². The Balaban J connectivity index is 0.00000256. The molecule has 3 aromatic carbocycles. The molecule has 0 aliphatic rings. The van der Waals surface area contributed by atoms with Crippen LogP contribution in [-0.2, 0) is 6.54 Å². The van der Waals surface area contributed by atoms with Gasteiger partial charge in [-0.15, -0.1) is 0 Å². The van der Waals surface area contributed by atoms with E-state index in [4.69, 9.17) is 5.73 Å². The molecule has 1 aromatic heterocycles. The van der Waals surface area contributed by atoms with Crippen molar-refractivity contribution in [3.05, 3.63) is 82.7 Å². The summed E-state index contributed by atoms with van der Waals surface area (Å²) < 4.78 is 74.2. The maximum absolute atomic E-state index is 14.2. The highest BCUT2D eigenvalue weighted by molar-refractivity contribution is 7.79. The van der Waals surface area contributed by atoms with Crippen LogP contribution in [0.5, 0.6) is 0 Å². The Kier molecular flexibility index (Phi) is 6.00.